The summed E-state index contributed by atoms with van der Waals surface area (Å²) in [7, 11) is 0. The van der Waals surface area contributed by atoms with E-state index in [-0.39, 0.29) is 0 Å². The first-order valence-corrected chi connectivity index (χ1v) is 13.6. The minimum absolute atomic E-state index is 0.315. The van der Waals surface area contributed by atoms with Crippen LogP contribution in [0.5, 0.6) is 0 Å². The lowest BCUT2D eigenvalue weighted by molar-refractivity contribution is 0.669. The Morgan fingerprint density at radius 1 is 0.619 bits per heavy atom. The first-order valence-electron chi connectivity index (χ1n) is 13.6. The van der Waals surface area contributed by atoms with Crippen LogP contribution in [0, 0.1) is 22.7 Å². The SMILES string of the molecule is N#Cc1cc(-c2cc(-c3ccccc3)cnc2C#N)ccc1-n1c2ccccc2c2ccc3oc4ccccc4c3c21. The summed E-state index contributed by atoms with van der Waals surface area (Å²) in [6.45, 7) is 0. The number of benzene rings is 5. The molecule has 5 aromatic carbocycles. The molecule has 0 spiro atoms. The van der Waals surface area contributed by atoms with Crippen molar-refractivity contribution >= 4 is 43.7 Å². The quantitative estimate of drug-likeness (QED) is 0.225. The molecular formula is C37H20N4O. The van der Waals surface area contributed by atoms with Gasteiger partial charge in [0.15, 0.2) is 0 Å². The number of furan rings is 1. The predicted molar refractivity (Wildman–Crippen MR) is 166 cm³/mol. The van der Waals surface area contributed by atoms with Gasteiger partial charge in [-0.05, 0) is 53.6 Å². The summed E-state index contributed by atoms with van der Waals surface area (Å²) in [5.41, 5.74) is 8.54. The maximum atomic E-state index is 10.5. The maximum absolute atomic E-state index is 10.5. The summed E-state index contributed by atoms with van der Waals surface area (Å²) in [6.07, 6.45) is 1.72. The topological polar surface area (TPSA) is 78.5 Å². The highest BCUT2D eigenvalue weighted by Gasteiger charge is 2.21. The van der Waals surface area contributed by atoms with E-state index >= 15 is 0 Å². The fourth-order valence-corrected chi connectivity index (χ4v) is 6.07. The molecule has 0 radical (unpaired) electrons. The molecule has 0 saturated carbocycles. The zero-order chi connectivity index (χ0) is 28.2. The van der Waals surface area contributed by atoms with E-state index in [1.807, 2.05) is 91.0 Å². The molecule has 0 aliphatic carbocycles. The minimum Gasteiger partial charge on any atom is -0.456 e. The molecule has 42 heavy (non-hydrogen) atoms. The first-order chi connectivity index (χ1) is 20.7. The molecule has 3 heterocycles. The van der Waals surface area contributed by atoms with Crippen LogP contribution >= 0.6 is 0 Å². The molecule has 5 heteroatoms. The molecule has 0 atom stereocenters. The Labute approximate surface area is 240 Å². The Hall–Kier alpha value is -6.17. The zero-order valence-corrected chi connectivity index (χ0v) is 22.2. The van der Waals surface area contributed by atoms with Crippen molar-refractivity contribution in [2.45, 2.75) is 0 Å². The molecule has 0 unspecified atom stereocenters. The molecule has 0 saturated heterocycles. The second-order valence-corrected chi connectivity index (χ2v) is 10.2. The van der Waals surface area contributed by atoms with Gasteiger partial charge in [-0.15, -0.1) is 0 Å². The lowest BCUT2D eigenvalue weighted by atomic mass is 9.97. The lowest BCUT2D eigenvalue weighted by Crippen LogP contribution is -1.99. The van der Waals surface area contributed by atoms with E-state index in [1.165, 1.54) is 0 Å². The van der Waals surface area contributed by atoms with Gasteiger partial charge in [0.2, 0.25) is 0 Å². The number of fused-ring (bicyclic) bond motifs is 7. The van der Waals surface area contributed by atoms with E-state index in [1.54, 1.807) is 6.20 Å². The van der Waals surface area contributed by atoms with Crippen molar-refractivity contribution in [3.63, 3.8) is 0 Å². The molecule has 0 amide bonds. The highest BCUT2D eigenvalue weighted by atomic mass is 16.3. The van der Waals surface area contributed by atoms with E-state index in [4.69, 9.17) is 4.42 Å². The van der Waals surface area contributed by atoms with Crippen LogP contribution in [0.1, 0.15) is 11.3 Å². The van der Waals surface area contributed by atoms with Crippen LogP contribution in [0.3, 0.4) is 0 Å². The molecule has 3 aromatic heterocycles. The molecule has 5 nitrogen and oxygen atoms in total. The minimum atomic E-state index is 0.315. The summed E-state index contributed by atoms with van der Waals surface area (Å²) in [6, 6.07) is 42.8. The fraction of sp³-hybridized carbons (Fsp3) is 0. The molecule has 0 fully saturated rings. The summed E-state index contributed by atoms with van der Waals surface area (Å²) in [4.78, 5) is 4.46. The van der Waals surface area contributed by atoms with Gasteiger partial charge < -0.3 is 8.98 Å². The number of aromatic nitrogens is 2. The number of hydrogen-bond acceptors (Lipinski definition) is 4. The van der Waals surface area contributed by atoms with Crippen molar-refractivity contribution in [1.82, 2.24) is 9.55 Å². The third-order valence-electron chi connectivity index (χ3n) is 7.94. The monoisotopic (exact) mass is 536 g/mol. The Balaban J connectivity index is 1.41. The van der Waals surface area contributed by atoms with Crippen LogP contribution in [0.25, 0.3) is 71.7 Å². The highest BCUT2D eigenvalue weighted by Crippen LogP contribution is 2.41. The molecule has 8 rings (SSSR count). The van der Waals surface area contributed by atoms with Gasteiger partial charge in [0.1, 0.15) is 29.0 Å². The van der Waals surface area contributed by atoms with Gasteiger partial charge in [-0.1, -0.05) is 72.8 Å². The number of nitriles is 2. The summed E-state index contributed by atoms with van der Waals surface area (Å²) >= 11 is 0. The van der Waals surface area contributed by atoms with Crippen LogP contribution < -0.4 is 0 Å². The van der Waals surface area contributed by atoms with Crippen LogP contribution in [-0.4, -0.2) is 9.55 Å². The van der Waals surface area contributed by atoms with Crippen molar-refractivity contribution < 1.29 is 4.42 Å². The Morgan fingerprint density at radius 3 is 2.24 bits per heavy atom. The highest BCUT2D eigenvalue weighted by molar-refractivity contribution is 6.24. The molecule has 0 aliphatic heterocycles. The van der Waals surface area contributed by atoms with E-state index in [9.17, 15) is 10.5 Å². The van der Waals surface area contributed by atoms with E-state index < -0.39 is 0 Å². The van der Waals surface area contributed by atoms with Crippen LogP contribution in [-0.2, 0) is 0 Å². The summed E-state index contributed by atoms with van der Waals surface area (Å²) < 4.78 is 8.41. The van der Waals surface area contributed by atoms with E-state index in [0.29, 0.717) is 16.8 Å². The molecule has 0 N–H and O–H groups in total. The standard InChI is InChI=1S/C37H20N4O/c38-20-25-18-24(30-19-26(22-40-31(30)21-39)23-8-2-1-3-9-23)14-16-32(25)41-33-12-6-4-10-27(33)28-15-17-35-36(37(28)41)29-11-5-7-13-34(29)42-35/h1-19,22H. The fourth-order valence-electron chi connectivity index (χ4n) is 6.07. The maximum Gasteiger partial charge on any atom is 0.148 e. The van der Waals surface area contributed by atoms with Gasteiger partial charge in [-0.25, -0.2) is 4.98 Å². The van der Waals surface area contributed by atoms with E-state index in [0.717, 1.165) is 66.1 Å². The van der Waals surface area contributed by atoms with Gasteiger partial charge in [0.25, 0.3) is 0 Å². The van der Waals surface area contributed by atoms with E-state index in [2.05, 4.69) is 46.0 Å². The summed E-state index contributed by atoms with van der Waals surface area (Å²) in [5.74, 6) is 0. The predicted octanol–water partition coefficient (Wildman–Crippen LogP) is 9.16. The average Bonchev–Trinajstić information content (AvgIpc) is 3.60. The number of hydrogen-bond donors (Lipinski definition) is 0. The molecule has 0 aliphatic rings. The van der Waals surface area contributed by atoms with Gasteiger partial charge in [-0.3, -0.25) is 0 Å². The molecule has 8 aromatic rings. The second-order valence-electron chi connectivity index (χ2n) is 10.2. The first kappa shape index (κ1) is 23.7. The van der Waals surface area contributed by atoms with Gasteiger partial charge >= 0.3 is 0 Å². The average molecular weight is 537 g/mol. The number of para-hydroxylation sites is 2. The number of pyridine rings is 1. The Kier molecular flexibility index (Phi) is 5.19. The van der Waals surface area contributed by atoms with Gasteiger partial charge in [0.05, 0.1) is 27.7 Å². The van der Waals surface area contributed by atoms with Crippen LogP contribution in [0.15, 0.2) is 126 Å². The Bertz CT molecular complexity index is 2440. The van der Waals surface area contributed by atoms with Crippen molar-refractivity contribution in [2.75, 3.05) is 0 Å². The van der Waals surface area contributed by atoms with Gasteiger partial charge in [-0.2, -0.15) is 10.5 Å². The third kappa shape index (κ3) is 3.45. The van der Waals surface area contributed by atoms with Crippen LogP contribution in [0.2, 0.25) is 0 Å². The second kappa shape index (κ2) is 9.20. The normalized spacial score (nSPS) is 11.3. The van der Waals surface area contributed by atoms with Gasteiger partial charge in [0, 0.05) is 33.5 Å². The van der Waals surface area contributed by atoms with Crippen molar-refractivity contribution in [2.24, 2.45) is 0 Å². The molecular weight excluding hydrogens is 516 g/mol. The number of nitrogens with zero attached hydrogens (tertiary/aromatic N) is 4. The smallest absolute Gasteiger partial charge is 0.148 e. The zero-order valence-electron chi connectivity index (χ0n) is 22.2. The van der Waals surface area contributed by atoms with Crippen molar-refractivity contribution in [3.05, 3.63) is 133 Å². The molecule has 194 valence electrons. The lowest BCUT2D eigenvalue weighted by Gasteiger charge is -2.13. The van der Waals surface area contributed by atoms with Crippen molar-refractivity contribution in [1.29, 1.82) is 10.5 Å². The largest absolute Gasteiger partial charge is 0.456 e. The third-order valence-corrected chi connectivity index (χ3v) is 7.94. The van der Waals surface area contributed by atoms with Crippen molar-refractivity contribution in [3.8, 4) is 40.1 Å². The number of rotatable bonds is 3. The summed E-state index contributed by atoms with van der Waals surface area (Å²) in [5, 5.41) is 24.6. The van der Waals surface area contributed by atoms with Crippen LogP contribution in [0.4, 0.5) is 0 Å². The molecule has 0 bridgehead atoms. The Morgan fingerprint density at radius 2 is 1.40 bits per heavy atom.